The maximum atomic E-state index is 7.20. The molecule has 1 aromatic rings. The first-order chi connectivity index (χ1) is 4.13. The summed E-state index contributed by atoms with van der Waals surface area (Å²) in [6, 6.07) is 0. The van der Waals surface area contributed by atoms with Crippen molar-refractivity contribution < 1.29 is 2.74 Å². The minimum absolute atomic E-state index is 0.113. The van der Waals surface area contributed by atoms with Gasteiger partial charge in [0, 0.05) is 13.2 Å². The first-order valence-electron chi connectivity index (χ1n) is 2.78. The first-order valence-corrected chi connectivity index (χ1v) is 2.58. The molecule has 0 saturated carbocycles. The predicted molar refractivity (Wildman–Crippen MR) is 30.9 cm³/mol. The van der Waals surface area contributed by atoms with Crippen LogP contribution in [0.4, 0.5) is 0 Å². The van der Waals surface area contributed by atoms with Crippen LogP contribution in [0.3, 0.4) is 0 Å². The highest BCUT2D eigenvalue weighted by atomic mass is 79.9. The number of hydrogen-bond acceptors (Lipinski definition) is 1. The lowest BCUT2D eigenvalue weighted by atomic mass is 10.8. The predicted octanol–water partition coefficient (Wildman–Crippen LogP) is 1.18. The smallest absolute Gasteiger partial charge is 0.0872 e. The van der Waals surface area contributed by atoms with Crippen molar-refractivity contribution in [1.82, 2.24) is 9.78 Å². The Morgan fingerprint density at radius 1 is 2.14 bits per heavy atom. The van der Waals surface area contributed by atoms with Crippen molar-refractivity contribution in [3.8, 4) is 0 Å². The zero-order valence-electron chi connectivity index (χ0n) is 5.77. The minimum Gasteiger partial charge on any atom is -0.275 e. The van der Waals surface area contributed by atoms with Crippen LogP contribution in [0.5, 0.6) is 0 Å². The van der Waals surface area contributed by atoms with E-state index in [1.807, 2.05) is 0 Å². The molecule has 7 heavy (non-hydrogen) atoms. The summed E-state index contributed by atoms with van der Waals surface area (Å²) in [5.74, 6) is 0. The summed E-state index contributed by atoms with van der Waals surface area (Å²) in [6.07, 6.45) is 0.350. The summed E-state index contributed by atoms with van der Waals surface area (Å²) in [5.41, 5.74) is 0. The van der Waals surface area contributed by atoms with E-state index in [0.29, 0.717) is 4.47 Å². The van der Waals surface area contributed by atoms with Crippen molar-refractivity contribution in [2.24, 2.45) is 7.05 Å². The van der Waals surface area contributed by atoms with E-state index in [1.54, 1.807) is 7.05 Å². The van der Waals surface area contributed by atoms with Gasteiger partial charge in [0.1, 0.15) is 0 Å². The quantitative estimate of drug-likeness (QED) is 0.561. The van der Waals surface area contributed by atoms with E-state index < -0.39 is 0 Å². The van der Waals surface area contributed by atoms with Crippen LogP contribution in [0.25, 0.3) is 0 Å². The average Bonchev–Trinajstić information content (AvgIpc) is 1.98. The zero-order chi connectivity index (χ0) is 7.02. The van der Waals surface area contributed by atoms with Gasteiger partial charge in [0.2, 0.25) is 0 Å². The van der Waals surface area contributed by atoms with Gasteiger partial charge in [0.25, 0.3) is 0 Å². The summed E-state index contributed by atoms with van der Waals surface area (Å²) < 4.78 is 16.1. The molecule has 0 aliphatic heterocycles. The second-order valence-electron chi connectivity index (χ2n) is 1.16. The molecule has 1 aromatic heterocycles. The SMILES string of the molecule is [2H]c1nn(C)c([2H])c1Br. The molecule has 0 bridgehead atoms. The molecule has 0 aliphatic rings. The van der Waals surface area contributed by atoms with Crippen molar-refractivity contribution in [3.05, 3.63) is 16.8 Å². The van der Waals surface area contributed by atoms with E-state index in [2.05, 4.69) is 21.0 Å². The van der Waals surface area contributed by atoms with Crippen molar-refractivity contribution in [3.63, 3.8) is 0 Å². The molecule has 1 heterocycles. The lowest BCUT2D eigenvalue weighted by Gasteiger charge is -1.77. The first kappa shape index (κ1) is 2.87. The van der Waals surface area contributed by atoms with Gasteiger partial charge in [-0.1, -0.05) is 0 Å². The summed E-state index contributed by atoms with van der Waals surface area (Å²) in [4.78, 5) is 0. The Morgan fingerprint density at radius 3 is 3.00 bits per heavy atom. The Bertz CT molecular complexity index is 210. The molecule has 3 heteroatoms. The van der Waals surface area contributed by atoms with Crippen LogP contribution < -0.4 is 0 Å². The van der Waals surface area contributed by atoms with Gasteiger partial charge in [-0.25, -0.2) is 0 Å². The van der Waals surface area contributed by atoms with E-state index in [4.69, 9.17) is 2.74 Å². The van der Waals surface area contributed by atoms with Crippen molar-refractivity contribution in [2.45, 2.75) is 0 Å². The van der Waals surface area contributed by atoms with Crippen LogP contribution >= 0.6 is 15.9 Å². The van der Waals surface area contributed by atoms with Gasteiger partial charge in [-0.2, -0.15) is 5.10 Å². The van der Waals surface area contributed by atoms with Crippen molar-refractivity contribution >= 4 is 15.9 Å². The number of halogens is 1. The monoisotopic (exact) mass is 162 g/mol. The highest BCUT2D eigenvalue weighted by Crippen LogP contribution is 2.03. The van der Waals surface area contributed by atoms with E-state index >= 15 is 0 Å². The fourth-order valence-electron chi connectivity index (χ4n) is 0.311. The summed E-state index contributed by atoms with van der Waals surface area (Å²) >= 11 is 3.04. The van der Waals surface area contributed by atoms with Gasteiger partial charge in [0.15, 0.2) is 0 Å². The molecule has 0 atom stereocenters. The lowest BCUT2D eigenvalue weighted by Crippen LogP contribution is -1.83. The number of nitrogens with zero attached hydrogens (tertiary/aromatic N) is 2. The lowest BCUT2D eigenvalue weighted by molar-refractivity contribution is 0.767. The maximum absolute atomic E-state index is 7.20. The largest absolute Gasteiger partial charge is 0.275 e. The molecular weight excluding hydrogens is 156 g/mol. The standard InChI is InChI=1S/C4H5BrN2/c1-7-3-4(5)2-6-7/h2-3H,1H3/i2D,3D. The molecule has 0 saturated heterocycles. The number of hydrogen-bond donors (Lipinski definition) is 0. The molecule has 0 radical (unpaired) electrons. The Labute approximate surface area is 53.1 Å². The van der Waals surface area contributed by atoms with Gasteiger partial charge in [-0.05, 0) is 15.9 Å². The molecular formula is C4H5BrN2. The van der Waals surface area contributed by atoms with Crippen molar-refractivity contribution in [1.29, 1.82) is 0 Å². The number of aromatic nitrogens is 2. The summed E-state index contributed by atoms with van der Waals surface area (Å²) in [6.45, 7) is 0. The highest BCUT2D eigenvalue weighted by molar-refractivity contribution is 9.10. The van der Waals surface area contributed by atoms with Crippen LogP contribution in [0, 0.1) is 0 Å². The van der Waals surface area contributed by atoms with E-state index in [0.717, 1.165) is 0 Å². The van der Waals surface area contributed by atoms with Gasteiger partial charge in [0.05, 0.1) is 13.4 Å². The Kier molecular flexibility index (Phi) is 0.679. The van der Waals surface area contributed by atoms with Crippen LogP contribution in [-0.2, 0) is 7.05 Å². The van der Waals surface area contributed by atoms with Gasteiger partial charge >= 0.3 is 0 Å². The fraction of sp³-hybridized carbons (Fsp3) is 0.250. The molecule has 0 aliphatic carbocycles. The molecule has 0 aromatic carbocycles. The number of rotatable bonds is 0. The van der Waals surface area contributed by atoms with Crippen molar-refractivity contribution in [2.75, 3.05) is 0 Å². The topological polar surface area (TPSA) is 17.8 Å². The van der Waals surface area contributed by atoms with E-state index in [1.165, 1.54) is 4.68 Å². The molecule has 0 amide bonds. The third-order valence-electron chi connectivity index (χ3n) is 0.558. The normalized spacial score (nSPS) is 13.4. The molecule has 38 valence electrons. The minimum atomic E-state index is 0.113. The van der Waals surface area contributed by atoms with E-state index in [-0.39, 0.29) is 12.3 Å². The summed E-state index contributed by atoms with van der Waals surface area (Å²) in [5, 5.41) is 3.66. The Morgan fingerprint density at radius 2 is 2.86 bits per heavy atom. The second kappa shape index (κ2) is 1.66. The molecule has 0 N–H and O–H groups in total. The van der Waals surface area contributed by atoms with Crippen LogP contribution in [-0.4, -0.2) is 9.78 Å². The second-order valence-corrected chi connectivity index (χ2v) is 1.95. The van der Waals surface area contributed by atoms with Gasteiger partial charge in [-0.3, -0.25) is 4.68 Å². The molecule has 1 rings (SSSR count). The van der Waals surface area contributed by atoms with Crippen LogP contribution in [0.1, 0.15) is 2.74 Å². The van der Waals surface area contributed by atoms with Gasteiger partial charge in [-0.15, -0.1) is 0 Å². The van der Waals surface area contributed by atoms with Crippen LogP contribution in [0.15, 0.2) is 16.8 Å². The highest BCUT2D eigenvalue weighted by Gasteiger charge is 1.83. The average molecular weight is 163 g/mol. The van der Waals surface area contributed by atoms with Crippen LogP contribution in [0.2, 0.25) is 0 Å². The zero-order valence-corrected chi connectivity index (χ0v) is 5.36. The Balaban J connectivity index is 3.29. The third kappa shape index (κ3) is 1.03. The fourth-order valence-corrected chi connectivity index (χ4v) is 0.647. The molecule has 0 spiro atoms. The molecule has 2 nitrogen and oxygen atoms in total. The number of aryl methyl sites for hydroxylation is 1. The molecule has 0 unspecified atom stereocenters. The third-order valence-corrected chi connectivity index (χ3v) is 0.913. The summed E-state index contributed by atoms with van der Waals surface area (Å²) in [7, 11) is 1.63. The molecule has 0 fully saturated rings. The van der Waals surface area contributed by atoms with Gasteiger partial charge < -0.3 is 0 Å². The Hall–Kier alpha value is -0.310. The maximum Gasteiger partial charge on any atom is 0.0872 e. The van der Waals surface area contributed by atoms with E-state index in [9.17, 15) is 0 Å².